The van der Waals surface area contributed by atoms with Gasteiger partial charge in [-0.1, -0.05) is 17.3 Å². The number of nitrogens with zero attached hydrogens (tertiary/aromatic N) is 3. The normalized spacial score (nSPS) is 17.0. The molecule has 3 heterocycles. The Morgan fingerprint density at radius 1 is 1.03 bits per heavy atom. The van der Waals surface area contributed by atoms with Crippen LogP contribution < -0.4 is 9.47 Å². The number of ether oxygens (including phenoxy) is 2. The van der Waals surface area contributed by atoms with Gasteiger partial charge in [-0.3, -0.25) is 9.69 Å². The van der Waals surface area contributed by atoms with Gasteiger partial charge in [-0.05, 0) is 56.3 Å². The van der Waals surface area contributed by atoms with Crippen LogP contribution in [-0.4, -0.2) is 47.1 Å². The molecule has 0 amide bonds. The Morgan fingerprint density at radius 2 is 1.79 bits per heavy atom. The molecule has 0 N–H and O–H groups in total. The van der Waals surface area contributed by atoms with Gasteiger partial charge in [-0.2, -0.15) is 18.2 Å². The zero-order valence-corrected chi connectivity index (χ0v) is 18.2. The van der Waals surface area contributed by atoms with E-state index in [2.05, 4.69) is 15.0 Å². The average molecular weight is 473 g/mol. The maximum Gasteiger partial charge on any atom is 0.416 e. The van der Waals surface area contributed by atoms with Crippen molar-refractivity contribution < 1.29 is 32.0 Å². The van der Waals surface area contributed by atoms with E-state index >= 15 is 0 Å². The molecule has 0 spiro atoms. The second-order valence-electron chi connectivity index (χ2n) is 8.36. The Kier molecular flexibility index (Phi) is 5.99. The highest BCUT2D eigenvalue weighted by Gasteiger charge is 2.31. The van der Waals surface area contributed by atoms with Gasteiger partial charge in [0.1, 0.15) is 13.2 Å². The SMILES string of the molecule is O=C(c1ccc2c(c1)OCCO2)C1CCN(Cc2nc(-c3cccc(C(F)(F)F)c3)no2)CC1. The molecule has 0 bridgehead atoms. The van der Waals surface area contributed by atoms with Gasteiger partial charge in [0, 0.05) is 17.0 Å². The molecule has 3 aromatic rings. The lowest BCUT2D eigenvalue weighted by Crippen LogP contribution is -2.36. The molecule has 5 rings (SSSR count). The van der Waals surface area contributed by atoms with Crippen molar-refractivity contribution in [3.05, 3.63) is 59.5 Å². The number of carbonyl (C=O) groups is 1. The standard InChI is InChI=1S/C24H22F3N3O4/c25-24(26,27)18-3-1-2-17(12-18)23-28-21(34-29-23)14-30-8-6-15(7-9-30)22(31)16-4-5-19-20(13-16)33-11-10-32-19/h1-5,12-13,15H,6-11,14H2. The second kappa shape index (κ2) is 9.09. The molecular formula is C24H22F3N3O4. The molecule has 0 unspecified atom stereocenters. The minimum absolute atomic E-state index is 0.0845. The van der Waals surface area contributed by atoms with E-state index < -0.39 is 11.7 Å². The number of rotatable bonds is 5. The molecule has 0 radical (unpaired) electrons. The molecule has 0 atom stereocenters. The fraction of sp³-hybridized carbons (Fsp3) is 0.375. The first-order valence-corrected chi connectivity index (χ1v) is 11.0. The first-order chi connectivity index (χ1) is 16.4. The Morgan fingerprint density at radius 3 is 2.56 bits per heavy atom. The first kappa shape index (κ1) is 22.4. The van der Waals surface area contributed by atoms with Crippen LogP contribution in [0.2, 0.25) is 0 Å². The zero-order chi connectivity index (χ0) is 23.7. The quantitative estimate of drug-likeness (QED) is 0.501. The van der Waals surface area contributed by atoms with Crippen LogP contribution in [0.3, 0.4) is 0 Å². The number of halogens is 3. The topological polar surface area (TPSA) is 77.7 Å². The van der Waals surface area contributed by atoms with Crippen molar-refractivity contribution in [2.45, 2.75) is 25.6 Å². The van der Waals surface area contributed by atoms with Crippen molar-refractivity contribution in [2.75, 3.05) is 26.3 Å². The van der Waals surface area contributed by atoms with Crippen molar-refractivity contribution in [1.82, 2.24) is 15.0 Å². The fourth-order valence-electron chi connectivity index (χ4n) is 4.25. The summed E-state index contributed by atoms with van der Waals surface area (Å²) in [6.07, 6.45) is -3.08. The van der Waals surface area contributed by atoms with Crippen LogP contribution in [0, 0.1) is 5.92 Å². The highest BCUT2D eigenvalue weighted by Crippen LogP contribution is 2.33. The third-order valence-corrected chi connectivity index (χ3v) is 6.06. The van der Waals surface area contributed by atoms with Gasteiger partial charge in [0.05, 0.1) is 12.1 Å². The Hall–Kier alpha value is -3.40. The summed E-state index contributed by atoms with van der Waals surface area (Å²) in [5.74, 6) is 1.68. The number of likely N-dealkylation sites (tertiary alicyclic amines) is 1. The van der Waals surface area contributed by atoms with Crippen LogP contribution in [0.15, 0.2) is 47.0 Å². The van der Waals surface area contributed by atoms with Gasteiger partial charge in [-0.15, -0.1) is 0 Å². The summed E-state index contributed by atoms with van der Waals surface area (Å²) in [7, 11) is 0. The van der Waals surface area contributed by atoms with Crippen molar-refractivity contribution in [3.63, 3.8) is 0 Å². The maximum absolute atomic E-state index is 13.0. The van der Waals surface area contributed by atoms with E-state index in [1.807, 2.05) is 0 Å². The van der Waals surface area contributed by atoms with Gasteiger partial charge in [0.25, 0.3) is 0 Å². The highest BCUT2D eigenvalue weighted by molar-refractivity contribution is 5.98. The van der Waals surface area contributed by atoms with Crippen LogP contribution in [0.1, 0.15) is 34.7 Å². The van der Waals surface area contributed by atoms with Crippen molar-refractivity contribution in [1.29, 1.82) is 0 Å². The van der Waals surface area contributed by atoms with Crippen LogP contribution in [0.5, 0.6) is 11.5 Å². The second-order valence-corrected chi connectivity index (χ2v) is 8.36. The predicted octanol–water partition coefficient (Wildman–Crippen LogP) is 4.62. The van der Waals surface area contributed by atoms with Gasteiger partial charge in [-0.25, -0.2) is 0 Å². The fourth-order valence-corrected chi connectivity index (χ4v) is 4.25. The predicted molar refractivity (Wildman–Crippen MR) is 114 cm³/mol. The number of piperidine rings is 1. The summed E-state index contributed by atoms with van der Waals surface area (Å²) in [6, 6.07) is 10.1. The average Bonchev–Trinajstić information content (AvgIpc) is 3.32. The van der Waals surface area contributed by atoms with Gasteiger partial charge in [0.15, 0.2) is 17.3 Å². The summed E-state index contributed by atoms with van der Waals surface area (Å²) in [5, 5.41) is 3.84. The molecule has 10 heteroatoms. The summed E-state index contributed by atoms with van der Waals surface area (Å²) in [6.45, 7) is 2.68. The summed E-state index contributed by atoms with van der Waals surface area (Å²) >= 11 is 0. The molecule has 0 aliphatic carbocycles. The van der Waals surface area contributed by atoms with E-state index in [0.717, 1.165) is 12.1 Å². The monoisotopic (exact) mass is 473 g/mol. The number of fused-ring (bicyclic) bond motifs is 1. The van der Waals surface area contributed by atoms with Crippen LogP contribution >= 0.6 is 0 Å². The van der Waals surface area contributed by atoms with Crippen molar-refractivity contribution >= 4 is 5.78 Å². The van der Waals surface area contributed by atoms with E-state index in [-0.39, 0.29) is 23.1 Å². The minimum atomic E-state index is -4.44. The third-order valence-electron chi connectivity index (χ3n) is 6.06. The number of Topliss-reactive ketones (excluding diaryl/α,β-unsaturated/α-hetero) is 1. The summed E-state index contributed by atoms with van der Waals surface area (Å²) in [4.78, 5) is 19.3. The lowest BCUT2D eigenvalue weighted by Gasteiger charge is -2.30. The Labute approximate surface area is 193 Å². The van der Waals surface area contributed by atoms with Crippen LogP contribution in [0.4, 0.5) is 13.2 Å². The Bertz CT molecular complexity index is 1190. The molecule has 178 valence electrons. The maximum atomic E-state index is 13.0. The van der Waals surface area contributed by atoms with E-state index in [1.54, 1.807) is 18.2 Å². The smallest absolute Gasteiger partial charge is 0.416 e. The minimum Gasteiger partial charge on any atom is -0.486 e. The van der Waals surface area contributed by atoms with Crippen molar-refractivity contribution in [3.8, 4) is 22.9 Å². The van der Waals surface area contributed by atoms with E-state index in [4.69, 9.17) is 14.0 Å². The molecule has 2 aromatic carbocycles. The number of alkyl halides is 3. The number of hydrogen-bond acceptors (Lipinski definition) is 7. The largest absolute Gasteiger partial charge is 0.486 e. The van der Waals surface area contributed by atoms with Crippen LogP contribution in [0.25, 0.3) is 11.4 Å². The summed E-state index contributed by atoms with van der Waals surface area (Å²) < 4.78 is 55.2. The molecular weight excluding hydrogens is 451 g/mol. The van der Waals surface area contributed by atoms with E-state index in [1.165, 1.54) is 12.1 Å². The number of ketones is 1. The number of hydrogen-bond donors (Lipinski definition) is 0. The molecule has 1 aromatic heterocycles. The highest BCUT2D eigenvalue weighted by atomic mass is 19.4. The lowest BCUT2D eigenvalue weighted by atomic mass is 9.88. The molecule has 7 nitrogen and oxygen atoms in total. The molecule has 2 aliphatic rings. The van der Waals surface area contributed by atoms with Crippen molar-refractivity contribution in [2.24, 2.45) is 5.92 Å². The number of aromatic nitrogens is 2. The van der Waals surface area contributed by atoms with Crippen LogP contribution in [-0.2, 0) is 12.7 Å². The van der Waals surface area contributed by atoms with E-state index in [9.17, 15) is 18.0 Å². The molecule has 1 fully saturated rings. The molecule has 1 saturated heterocycles. The lowest BCUT2D eigenvalue weighted by molar-refractivity contribution is -0.137. The number of benzene rings is 2. The van der Waals surface area contributed by atoms with Gasteiger partial charge in [0.2, 0.25) is 11.7 Å². The molecule has 0 saturated carbocycles. The summed E-state index contributed by atoms with van der Waals surface area (Å²) in [5.41, 5.74) is 0.0972. The first-order valence-electron chi connectivity index (χ1n) is 11.0. The third kappa shape index (κ3) is 4.77. The van der Waals surface area contributed by atoms with Gasteiger partial charge < -0.3 is 14.0 Å². The zero-order valence-electron chi connectivity index (χ0n) is 18.2. The van der Waals surface area contributed by atoms with E-state index in [0.29, 0.717) is 68.6 Å². The van der Waals surface area contributed by atoms with Gasteiger partial charge >= 0.3 is 6.18 Å². The number of carbonyl (C=O) groups excluding carboxylic acids is 1. The molecule has 34 heavy (non-hydrogen) atoms. The Balaban J connectivity index is 1.18. The molecule has 2 aliphatic heterocycles.